The lowest BCUT2D eigenvalue weighted by Gasteiger charge is -2.17. The van der Waals surface area contributed by atoms with Crippen LogP contribution in [0, 0.1) is 5.92 Å². The molecule has 0 fully saturated rings. The third-order valence-corrected chi connectivity index (χ3v) is 3.70. The van der Waals surface area contributed by atoms with E-state index >= 15 is 0 Å². The second-order valence-electron chi connectivity index (χ2n) is 6.23. The van der Waals surface area contributed by atoms with E-state index in [0.29, 0.717) is 12.5 Å². The van der Waals surface area contributed by atoms with Crippen molar-refractivity contribution in [3.05, 3.63) is 35.4 Å². The van der Waals surface area contributed by atoms with Gasteiger partial charge in [-0.25, -0.2) is 4.79 Å². The smallest absolute Gasteiger partial charge is 0.315 e. The topological polar surface area (TPSA) is 70.6 Å². The van der Waals surface area contributed by atoms with Crippen LogP contribution >= 0.6 is 0 Å². The number of hydrogen-bond donors (Lipinski definition) is 3. The first-order valence-electron chi connectivity index (χ1n) is 7.94. The highest BCUT2D eigenvalue weighted by molar-refractivity contribution is 5.74. The number of ether oxygens (including phenoxy) is 1. The van der Waals surface area contributed by atoms with Gasteiger partial charge in [-0.05, 0) is 29.9 Å². The van der Waals surface area contributed by atoms with Crippen LogP contribution in [0.5, 0.6) is 0 Å². The van der Waals surface area contributed by atoms with Gasteiger partial charge in [0.1, 0.15) is 0 Å². The first-order valence-corrected chi connectivity index (χ1v) is 7.94. The summed E-state index contributed by atoms with van der Waals surface area (Å²) in [6.07, 6.45) is 1.24. The predicted octanol–water partition coefficient (Wildman–Crippen LogP) is 2.01. The van der Waals surface area contributed by atoms with Crippen molar-refractivity contribution in [2.24, 2.45) is 5.92 Å². The molecule has 2 amide bonds. The molecule has 0 radical (unpaired) electrons. The van der Waals surface area contributed by atoms with Gasteiger partial charge in [-0.15, -0.1) is 0 Å². The van der Waals surface area contributed by atoms with Crippen LogP contribution < -0.4 is 10.6 Å². The number of urea groups is 1. The summed E-state index contributed by atoms with van der Waals surface area (Å²) in [6.45, 7) is 5.15. The molecule has 5 heteroatoms. The van der Waals surface area contributed by atoms with E-state index in [9.17, 15) is 9.90 Å². The van der Waals surface area contributed by atoms with Crippen molar-refractivity contribution in [1.29, 1.82) is 0 Å². The number of carbonyl (C=O) groups excluding carboxylic acids is 1. The second kappa shape index (κ2) is 8.15. The zero-order valence-corrected chi connectivity index (χ0v) is 13.3. The molecular weight excluding hydrogens is 280 g/mol. The van der Waals surface area contributed by atoms with Gasteiger partial charge in [-0.2, -0.15) is 0 Å². The number of aryl methyl sites for hydroxylation is 1. The van der Waals surface area contributed by atoms with Gasteiger partial charge in [0.2, 0.25) is 0 Å². The molecule has 0 saturated heterocycles. The molecule has 0 bridgehead atoms. The van der Waals surface area contributed by atoms with Crippen molar-refractivity contribution in [3.8, 4) is 0 Å². The third-order valence-electron chi connectivity index (χ3n) is 3.70. The summed E-state index contributed by atoms with van der Waals surface area (Å²) >= 11 is 0. The molecule has 2 unspecified atom stereocenters. The van der Waals surface area contributed by atoms with Crippen molar-refractivity contribution in [1.82, 2.24) is 10.6 Å². The quantitative estimate of drug-likeness (QED) is 0.721. The molecular formula is C17H26N2O3. The number of benzene rings is 1. The molecule has 1 aliphatic rings. The minimum absolute atomic E-state index is 0.0607. The maximum absolute atomic E-state index is 11.9. The third kappa shape index (κ3) is 5.00. The number of aliphatic hydroxyl groups excluding tert-OH is 1. The molecule has 2 atom stereocenters. The highest BCUT2D eigenvalue weighted by Crippen LogP contribution is 2.30. The zero-order valence-electron chi connectivity index (χ0n) is 13.3. The monoisotopic (exact) mass is 306 g/mol. The molecule has 0 saturated carbocycles. The summed E-state index contributed by atoms with van der Waals surface area (Å²) in [7, 11) is 0. The maximum atomic E-state index is 11.9. The van der Waals surface area contributed by atoms with Gasteiger partial charge < -0.3 is 20.5 Å². The number of carbonyl (C=O) groups is 1. The van der Waals surface area contributed by atoms with Crippen LogP contribution in [-0.4, -0.2) is 37.0 Å². The van der Waals surface area contributed by atoms with E-state index in [-0.39, 0.29) is 25.2 Å². The summed E-state index contributed by atoms with van der Waals surface area (Å²) in [6, 6.07) is 7.99. The maximum Gasteiger partial charge on any atom is 0.315 e. The van der Waals surface area contributed by atoms with Crippen LogP contribution in [-0.2, 0) is 11.2 Å². The van der Waals surface area contributed by atoms with E-state index < -0.39 is 6.10 Å². The SMILES string of the molecule is CC(C)COCC(O)CNC(=O)NC1CCc2ccccc21. The Morgan fingerprint density at radius 2 is 2.14 bits per heavy atom. The fourth-order valence-corrected chi connectivity index (χ4v) is 2.63. The van der Waals surface area contributed by atoms with Crippen LogP contribution in [0.4, 0.5) is 4.79 Å². The van der Waals surface area contributed by atoms with Gasteiger partial charge in [0, 0.05) is 13.2 Å². The lowest BCUT2D eigenvalue weighted by Crippen LogP contribution is -2.42. The molecule has 1 aromatic carbocycles. The molecule has 3 N–H and O–H groups in total. The molecule has 2 rings (SSSR count). The lowest BCUT2D eigenvalue weighted by molar-refractivity contribution is 0.0272. The Hall–Kier alpha value is -1.59. The molecule has 122 valence electrons. The molecule has 0 aliphatic heterocycles. The van der Waals surface area contributed by atoms with E-state index in [2.05, 4.69) is 36.6 Å². The molecule has 0 aromatic heterocycles. The van der Waals surface area contributed by atoms with Gasteiger partial charge in [0.15, 0.2) is 0 Å². The Morgan fingerprint density at radius 3 is 2.91 bits per heavy atom. The lowest BCUT2D eigenvalue weighted by atomic mass is 10.1. The molecule has 0 heterocycles. The average molecular weight is 306 g/mol. The minimum atomic E-state index is -0.680. The van der Waals surface area contributed by atoms with Crippen LogP contribution in [0.2, 0.25) is 0 Å². The average Bonchev–Trinajstić information content (AvgIpc) is 2.88. The Balaban J connectivity index is 1.68. The van der Waals surface area contributed by atoms with Crippen LogP contribution in [0.1, 0.15) is 37.4 Å². The van der Waals surface area contributed by atoms with E-state index in [0.717, 1.165) is 12.8 Å². The van der Waals surface area contributed by atoms with E-state index in [4.69, 9.17) is 4.74 Å². The number of hydrogen-bond acceptors (Lipinski definition) is 3. The molecule has 5 nitrogen and oxygen atoms in total. The van der Waals surface area contributed by atoms with E-state index in [1.165, 1.54) is 11.1 Å². The highest BCUT2D eigenvalue weighted by Gasteiger charge is 2.23. The van der Waals surface area contributed by atoms with Gasteiger partial charge in [0.25, 0.3) is 0 Å². The van der Waals surface area contributed by atoms with Gasteiger partial charge in [0.05, 0.1) is 18.8 Å². The number of nitrogens with one attached hydrogen (secondary N) is 2. The Bertz CT molecular complexity index is 491. The Kier molecular flexibility index (Phi) is 6.21. The van der Waals surface area contributed by atoms with Gasteiger partial charge in [-0.3, -0.25) is 0 Å². The van der Waals surface area contributed by atoms with Crippen molar-refractivity contribution >= 4 is 6.03 Å². The predicted molar refractivity (Wildman–Crippen MR) is 85.7 cm³/mol. The van der Waals surface area contributed by atoms with Crippen molar-refractivity contribution in [2.45, 2.75) is 38.8 Å². The van der Waals surface area contributed by atoms with Crippen molar-refractivity contribution in [2.75, 3.05) is 19.8 Å². The highest BCUT2D eigenvalue weighted by atomic mass is 16.5. The van der Waals surface area contributed by atoms with Crippen LogP contribution in [0.3, 0.4) is 0 Å². The fraction of sp³-hybridized carbons (Fsp3) is 0.588. The normalized spacial score (nSPS) is 18.1. The minimum Gasteiger partial charge on any atom is -0.389 e. The van der Waals surface area contributed by atoms with Gasteiger partial charge >= 0.3 is 6.03 Å². The van der Waals surface area contributed by atoms with E-state index in [1.807, 2.05) is 12.1 Å². The first-order chi connectivity index (χ1) is 10.6. The largest absolute Gasteiger partial charge is 0.389 e. The number of fused-ring (bicyclic) bond motifs is 1. The number of aliphatic hydroxyl groups is 1. The summed E-state index contributed by atoms with van der Waals surface area (Å²) in [5.41, 5.74) is 2.49. The van der Waals surface area contributed by atoms with Crippen LogP contribution in [0.25, 0.3) is 0 Å². The Labute approximate surface area is 132 Å². The van der Waals surface area contributed by atoms with E-state index in [1.54, 1.807) is 0 Å². The zero-order chi connectivity index (χ0) is 15.9. The molecule has 1 aliphatic carbocycles. The molecule has 22 heavy (non-hydrogen) atoms. The summed E-state index contributed by atoms with van der Waals surface area (Å²) < 4.78 is 5.35. The van der Waals surface area contributed by atoms with Crippen LogP contribution in [0.15, 0.2) is 24.3 Å². The number of amides is 2. The summed E-state index contributed by atoms with van der Waals surface area (Å²) in [5, 5.41) is 15.4. The molecule has 0 spiro atoms. The summed E-state index contributed by atoms with van der Waals surface area (Å²) in [5.74, 6) is 0.436. The summed E-state index contributed by atoms with van der Waals surface area (Å²) in [4.78, 5) is 11.9. The fourth-order valence-electron chi connectivity index (χ4n) is 2.63. The number of rotatable bonds is 7. The first kappa shape index (κ1) is 16.8. The Morgan fingerprint density at radius 1 is 1.36 bits per heavy atom. The standard InChI is InChI=1S/C17H26N2O3/c1-12(2)10-22-11-14(20)9-18-17(21)19-16-8-7-13-5-3-4-6-15(13)16/h3-6,12,14,16,20H,7-11H2,1-2H3,(H2,18,19,21). The van der Waals surface area contributed by atoms with Crippen molar-refractivity contribution < 1.29 is 14.6 Å². The van der Waals surface area contributed by atoms with Gasteiger partial charge in [-0.1, -0.05) is 38.1 Å². The molecule has 1 aromatic rings. The second-order valence-corrected chi connectivity index (χ2v) is 6.23. The van der Waals surface area contributed by atoms with Crippen molar-refractivity contribution in [3.63, 3.8) is 0 Å².